The van der Waals surface area contributed by atoms with Crippen molar-refractivity contribution in [3.63, 3.8) is 0 Å². The molecule has 0 saturated carbocycles. The molecule has 2 aliphatic rings. The van der Waals surface area contributed by atoms with Gasteiger partial charge in [-0.1, -0.05) is 24.3 Å². The molecule has 0 radical (unpaired) electrons. The molecule has 1 saturated heterocycles. The fourth-order valence-corrected chi connectivity index (χ4v) is 4.14. The molecule has 2 N–H and O–H groups in total. The first kappa shape index (κ1) is 16.4. The highest BCUT2D eigenvalue weighted by Gasteiger charge is 2.22. The molecule has 1 aliphatic carbocycles. The van der Waals surface area contributed by atoms with Crippen LogP contribution >= 0.6 is 0 Å². The summed E-state index contributed by atoms with van der Waals surface area (Å²) in [4.78, 5) is 4.83. The summed E-state index contributed by atoms with van der Waals surface area (Å²) >= 11 is 0. The summed E-state index contributed by atoms with van der Waals surface area (Å²) in [6.45, 7) is 4.43. The topological polar surface area (TPSA) is 47.2 Å². The van der Waals surface area contributed by atoms with Gasteiger partial charge in [0.25, 0.3) is 0 Å². The average molecular weight is 359 g/mol. The van der Waals surface area contributed by atoms with E-state index in [2.05, 4.69) is 80.9 Å². The van der Waals surface area contributed by atoms with Crippen LogP contribution in [-0.2, 0) is 12.8 Å². The molecular weight excluding hydrogens is 334 g/mol. The Balaban J connectivity index is 1.37. The van der Waals surface area contributed by atoms with Crippen LogP contribution in [-0.4, -0.2) is 48.3 Å². The van der Waals surface area contributed by atoms with Crippen molar-refractivity contribution in [2.45, 2.75) is 12.8 Å². The van der Waals surface area contributed by atoms with Gasteiger partial charge in [-0.15, -0.1) is 0 Å². The maximum absolute atomic E-state index is 4.56. The molecule has 2 aromatic carbocycles. The van der Waals surface area contributed by atoms with Crippen molar-refractivity contribution in [1.82, 2.24) is 15.1 Å². The number of hydrogen-bond donors (Lipinski definition) is 2. The van der Waals surface area contributed by atoms with Gasteiger partial charge >= 0.3 is 0 Å². The largest absolute Gasteiger partial charge is 0.369 e. The van der Waals surface area contributed by atoms with Gasteiger partial charge in [-0.2, -0.15) is 5.10 Å². The van der Waals surface area contributed by atoms with Gasteiger partial charge in [0.15, 0.2) is 5.82 Å². The van der Waals surface area contributed by atoms with Gasteiger partial charge in [0.05, 0.1) is 0 Å². The average Bonchev–Trinajstić information content (AvgIpc) is 3.13. The van der Waals surface area contributed by atoms with E-state index in [0.29, 0.717) is 0 Å². The smallest absolute Gasteiger partial charge is 0.160 e. The van der Waals surface area contributed by atoms with Crippen LogP contribution in [0.2, 0.25) is 0 Å². The second-order valence-electron chi connectivity index (χ2n) is 7.55. The lowest BCUT2D eigenvalue weighted by molar-refractivity contribution is 0.313. The monoisotopic (exact) mass is 359 g/mol. The van der Waals surface area contributed by atoms with Crippen molar-refractivity contribution in [2.24, 2.45) is 0 Å². The molecule has 1 fully saturated rings. The van der Waals surface area contributed by atoms with E-state index < -0.39 is 0 Å². The van der Waals surface area contributed by atoms with E-state index in [4.69, 9.17) is 0 Å². The van der Waals surface area contributed by atoms with Crippen molar-refractivity contribution in [3.8, 4) is 11.1 Å². The predicted octanol–water partition coefficient (Wildman–Crippen LogP) is 3.67. The van der Waals surface area contributed by atoms with E-state index in [9.17, 15) is 0 Å². The van der Waals surface area contributed by atoms with E-state index in [1.54, 1.807) is 0 Å². The van der Waals surface area contributed by atoms with Gasteiger partial charge < -0.3 is 15.1 Å². The highest BCUT2D eigenvalue weighted by molar-refractivity contribution is 5.83. The van der Waals surface area contributed by atoms with E-state index in [-0.39, 0.29) is 0 Å². The summed E-state index contributed by atoms with van der Waals surface area (Å²) in [6, 6.07) is 17.4. The Morgan fingerprint density at radius 2 is 1.70 bits per heavy atom. The molecule has 0 spiro atoms. The molecule has 2 heterocycles. The number of benzene rings is 2. The number of piperazine rings is 1. The summed E-state index contributed by atoms with van der Waals surface area (Å²) in [5.41, 5.74) is 7.52. The molecule has 1 aliphatic heterocycles. The van der Waals surface area contributed by atoms with Crippen LogP contribution in [0.25, 0.3) is 11.1 Å². The predicted molar refractivity (Wildman–Crippen MR) is 111 cm³/mol. The Labute approximate surface area is 160 Å². The SMILES string of the molecule is CN1CCN(c2ccc(Nc3n[nH]c4c3-c3ccccc3CC4)cc2)CC1. The van der Waals surface area contributed by atoms with Gasteiger partial charge in [0.1, 0.15) is 0 Å². The summed E-state index contributed by atoms with van der Waals surface area (Å²) in [7, 11) is 2.19. The molecule has 0 atom stereocenters. The number of nitrogens with one attached hydrogen (secondary N) is 2. The number of H-pyrrole nitrogens is 1. The second-order valence-corrected chi connectivity index (χ2v) is 7.55. The van der Waals surface area contributed by atoms with Crippen LogP contribution in [0.15, 0.2) is 48.5 Å². The number of likely N-dealkylation sites (N-methyl/N-ethyl adjacent to an activating group) is 1. The molecule has 5 heteroatoms. The van der Waals surface area contributed by atoms with Gasteiger partial charge in [-0.3, -0.25) is 5.10 Å². The summed E-state index contributed by atoms with van der Waals surface area (Å²) < 4.78 is 0. The maximum Gasteiger partial charge on any atom is 0.160 e. The number of aromatic amines is 1. The molecule has 138 valence electrons. The Kier molecular flexibility index (Phi) is 4.09. The Bertz CT molecular complexity index is 936. The van der Waals surface area contributed by atoms with E-state index in [1.807, 2.05) is 0 Å². The zero-order valence-corrected chi connectivity index (χ0v) is 15.7. The van der Waals surface area contributed by atoms with Crippen LogP contribution in [0.1, 0.15) is 11.3 Å². The number of nitrogens with zero attached hydrogens (tertiary/aromatic N) is 3. The highest BCUT2D eigenvalue weighted by Crippen LogP contribution is 2.38. The molecule has 0 unspecified atom stereocenters. The number of rotatable bonds is 3. The Morgan fingerprint density at radius 3 is 2.52 bits per heavy atom. The zero-order chi connectivity index (χ0) is 18.2. The van der Waals surface area contributed by atoms with E-state index >= 15 is 0 Å². The first-order valence-electron chi connectivity index (χ1n) is 9.74. The third-order valence-corrected chi connectivity index (χ3v) is 5.77. The summed E-state index contributed by atoms with van der Waals surface area (Å²) in [5.74, 6) is 0.921. The van der Waals surface area contributed by atoms with E-state index in [0.717, 1.165) is 50.5 Å². The van der Waals surface area contributed by atoms with E-state index in [1.165, 1.54) is 28.1 Å². The Morgan fingerprint density at radius 1 is 0.926 bits per heavy atom. The molecule has 3 aromatic rings. The lowest BCUT2D eigenvalue weighted by Gasteiger charge is -2.34. The van der Waals surface area contributed by atoms with Gasteiger partial charge in [-0.25, -0.2) is 0 Å². The molecule has 0 amide bonds. The quantitative estimate of drug-likeness (QED) is 0.749. The number of hydrogen-bond acceptors (Lipinski definition) is 4. The molecule has 1 aromatic heterocycles. The Hall–Kier alpha value is -2.79. The van der Waals surface area contributed by atoms with Gasteiger partial charge in [-0.05, 0) is 55.3 Å². The molecular formula is C22H25N5. The van der Waals surface area contributed by atoms with Crippen LogP contribution < -0.4 is 10.2 Å². The fourth-order valence-electron chi connectivity index (χ4n) is 4.14. The molecule has 0 bridgehead atoms. The third kappa shape index (κ3) is 3.08. The minimum Gasteiger partial charge on any atom is -0.369 e. The van der Waals surface area contributed by atoms with Crippen LogP contribution in [0.5, 0.6) is 0 Å². The zero-order valence-electron chi connectivity index (χ0n) is 15.7. The summed E-state index contributed by atoms with van der Waals surface area (Å²) in [6.07, 6.45) is 2.09. The van der Waals surface area contributed by atoms with Gasteiger partial charge in [0, 0.05) is 48.8 Å². The summed E-state index contributed by atoms with van der Waals surface area (Å²) in [5, 5.41) is 11.3. The fraction of sp³-hybridized carbons (Fsp3) is 0.318. The number of fused-ring (bicyclic) bond motifs is 3. The minimum atomic E-state index is 0.921. The van der Waals surface area contributed by atoms with Crippen molar-refractivity contribution in [2.75, 3.05) is 43.4 Å². The van der Waals surface area contributed by atoms with Crippen molar-refractivity contribution in [3.05, 3.63) is 59.8 Å². The molecule has 5 rings (SSSR count). The van der Waals surface area contributed by atoms with Crippen LogP contribution in [0, 0.1) is 0 Å². The lowest BCUT2D eigenvalue weighted by atomic mass is 9.89. The maximum atomic E-state index is 4.56. The first-order valence-corrected chi connectivity index (χ1v) is 9.74. The lowest BCUT2D eigenvalue weighted by Crippen LogP contribution is -2.44. The van der Waals surface area contributed by atoms with Crippen molar-refractivity contribution >= 4 is 17.2 Å². The molecule has 27 heavy (non-hydrogen) atoms. The standard InChI is InChI=1S/C22H25N5/c1-26-12-14-27(15-13-26)18-9-7-17(8-10-18)23-22-21-19-5-3-2-4-16(19)6-11-20(21)24-25-22/h2-5,7-10H,6,11-15H2,1H3,(H2,23,24,25). The number of aryl methyl sites for hydroxylation is 2. The highest BCUT2D eigenvalue weighted by atomic mass is 15.2. The number of anilines is 3. The van der Waals surface area contributed by atoms with Crippen molar-refractivity contribution in [1.29, 1.82) is 0 Å². The van der Waals surface area contributed by atoms with Crippen LogP contribution in [0.4, 0.5) is 17.2 Å². The third-order valence-electron chi connectivity index (χ3n) is 5.77. The molecule has 5 nitrogen and oxygen atoms in total. The van der Waals surface area contributed by atoms with Gasteiger partial charge in [0.2, 0.25) is 0 Å². The second kappa shape index (κ2) is 6.74. The van der Waals surface area contributed by atoms with Crippen molar-refractivity contribution < 1.29 is 0 Å². The minimum absolute atomic E-state index is 0.921. The number of aromatic nitrogens is 2. The normalized spacial score (nSPS) is 16.7. The first-order chi connectivity index (χ1) is 13.3. The van der Waals surface area contributed by atoms with Crippen LogP contribution in [0.3, 0.4) is 0 Å².